The fraction of sp³-hybridized carbons (Fsp3) is 0.636. The molecule has 0 bridgehead atoms. The molecular weight excluding hydrogens is 244 g/mol. The van der Waals surface area contributed by atoms with Crippen LogP contribution in [0.2, 0.25) is 0 Å². The van der Waals surface area contributed by atoms with Crippen LogP contribution in [0.3, 0.4) is 0 Å². The Kier molecular flexibility index (Phi) is 7.39. The Bertz CT molecular complexity index is 232. The second kappa shape index (κ2) is 7.38. The molecule has 0 rings (SSSR count). The van der Waals surface area contributed by atoms with Gasteiger partial charge in [0.05, 0.1) is 0 Å². The molecule has 0 aliphatic rings. The molecule has 4 nitrogen and oxygen atoms in total. The van der Waals surface area contributed by atoms with E-state index in [2.05, 4.69) is 13.2 Å². The van der Waals surface area contributed by atoms with Gasteiger partial charge in [0.1, 0.15) is 0 Å². The molecule has 16 heavy (non-hydrogen) atoms. The molecule has 0 fully saturated rings. The van der Waals surface area contributed by atoms with E-state index in [0.29, 0.717) is 0 Å². The Labute approximate surface area is 103 Å². The van der Waals surface area contributed by atoms with E-state index in [0.717, 1.165) is 11.1 Å². The first-order valence-corrected chi connectivity index (χ1v) is 7.83. The summed E-state index contributed by atoms with van der Waals surface area (Å²) in [6.07, 6.45) is -0.139. The first kappa shape index (κ1) is 16.0. The van der Waals surface area contributed by atoms with Crippen LogP contribution in [0.5, 0.6) is 0 Å². The van der Waals surface area contributed by atoms with Gasteiger partial charge in [-0.25, -0.2) is 0 Å². The van der Waals surface area contributed by atoms with Crippen LogP contribution in [0.1, 0.15) is 27.7 Å². The third kappa shape index (κ3) is 8.22. The van der Waals surface area contributed by atoms with Crippen LogP contribution in [0, 0.1) is 0 Å². The first-order valence-electron chi connectivity index (χ1n) is 5.22. The maximum absolute atomic E-state index is 10.1. The Hall–Kier alpha value is 0.0343. The van der Waals surface area contributed by atoms with Gasteiger partial charge in [0.15, 0.2) is 0 Å². The Morgan fingerprint density at radius 1 is 1.12 bits per heavy atom. The molecule has 1 N–H and O–H groups in total. The third-order valence-corrected chi connectivity index (χ3v) is 4.18. The van der Waals surface area contributed by atoms with Gasteiger partial charge in [0, 0.05) is 0 Å². The zero-order valence-electron chi connectivity index (χ0n) is 10.6. The second-order valence-electron chi connectivity index (χ2n) is 4.18. The van der Waals surface area contributed by atoms with Crippen molar-refractivity contribution in [3.8, 4) is 0 Å². The van der Waals surface area contributed by atoms with Gasteiger partial charge in [-0.05, 0) is 0 Å². The van der Waals surface area contributed by atoms with E-state index in [-0.39, 0.29) is 19.3 Å². The Balaban J connectivity index is 4.34. The molecule has 0 radical (unpaired) electrons. The first-order chi connectivity index (χ1) is 7.25. The van der Waals surface area contributed by atoms with E-state index in [1.165, 1.54) is 0 Å². The third-order valence-electron chi connectivity index (χ3n) is 1.39. The van der Waals surface area contributed by atoms with Gasteiger partial charge < -0.3 is 0 Å². The topological polar surface area (TPSA) is 47.9 Å². The molecule has 94 valence electrons. The molecule has 0 aromatic heterocycles. The van der Waals surface area contributed by atoms with Crippen molar-refractivity contribution in [1.82, 2.24) is 0 Å². The van der Waals surface area contributed by atoms with Crippen molar-refractivity contribution in [2.45, 2.75) is 33.8 Å². The van der Waals surface area contributed by atoms with Crippen LogP contribution >= 0.6 is 0 Å². The van der Waals surface area contributed by atoms with Crippen LogP contribution in [0.4, 0.5) is 0 Å². The predicted molar refractivity (Wildman–Crippen MR) is 60.0 cm³/mol. The second-order valence-corrected chi connectivity index (χ2v) is 7.09. The van der Waals surface area contributed by atoms with Crippen molar-refractivity contribution in [1.29, 1.82) is 0 Å². The summed E-state index contributed by atoms with van der Waals surface area (Å²) in [4.78, 5) is 0. The van der Waals surface area contributed by atoms with Gasteiger partial charge >= 0.3 is 103 Å². The van der Waals surface area contributed by atoms with E-state index in [4.69, 9.17) is 9.96 Å². The fourth-order valence-corrected chi connectivity index (χ4v) is 3.45. The zero-order valence-corrected chi connectivity index (χ0v) is 12.1. The van der Waals surface area contributed by atoms with Crippen molar-refractivity contribution in [2.75, 3.05) is 13.2 Å². The summed E-state index contributed by atoms with van der Waals surface area (Å²) in [5, 5.41) is 0. The normalized spacial score (nSPS) is 11.9. The van der Waals surface area contributed by atoms with Crippen LogP contribution < -0.4 is 0 Å². The Morgan fingerprint density at radius 3 is 1.75 bits per heavy atom. The molecule has 0 unspecified atom stereocenters. The summed E-state index contributed by atoms with van der Waals surface area (Å²) in [6, 6.07) is 0. The van der Waals surface area contributed by atoms with Crippen LogP contribution in [0.15, 0.2) is 24.3 Å². The van der Waals surface area contributed by atoms with E-state index >= 15 is 0 Å². The minimum atomic E-state index is -4.09. The van der Waals surface area contributed by atoms with Crippen molar-refractivity contribution in [3.05, 3.63) is 24.3 Å². The standard InChI is InChI=1S/2C4H7O.C3H7O.H2O.Ti/c2*1-4(2)3-5;1-3(2)4;;/h2*1,3H2,2H3;3H,1-2H3;1H2;/q3*-1;;+4/p-1. The number of hydrogen-bond donors (Lipinski definition) is 1. The maximum atomic E-state index is 10.1. The summed E-state index contributed by atoms with van der Waals surface area (Å²) in [5.74, 6) is 0. The molecule has 0 amide bonds. The summed E-state index contributed by atoms with van der Waals surface area (Å²) in [7, 11) is 0. The van der Waals surface area contributed by atoms with E-state index in [1.807, 2.05) is 27.7 Å². The van der Waals surface area contributed by atoms with Gasteiger partial charge in [-0.3, -0.25) is 0 Å². The van der Waals surface area contributed by atoms with Crippen LogP contribution in [-0.4, -0.2) is 23.0 Å². The van der Waals surface area contributed by atoms with Gasteiger partial charge in [-0.15, -0.1) is 0 Å². The van der Waals surface area contributed by atoms with E-state index < -0.39 is 18.1 Å². The Morgan fingerprint density at radius 2 is 1.50 bits per heavy atom. The number of rotatable bonds is 8. The summed E-state index contributed by atoms with van der Waals surface area (Å²) < 4.78 is 26.1. The summed E-state index contributed by atoms with van der Waals surface area (Å²) >= 11 is -4.09. The molecule has 0 aliphatic carbocycles. The van der Waals surface area contributed by atoms with Crippen LogP contribution in [-0.2, 0) is 28.1 Å². The summed E-state index contributed by atoms with van der Waals surface area (Å²) in [6.45, 7) is 15.2. The molecule has 0 spiro atoms. The molecule has 0 saturated heterocycles. The average Bonchev–Trinajstić information content (AvgIpc) is 2.11. The summed E-state index contributed by atoms with van der Waals surface area (Å²) in [5.41, 5.74) is 1.63. The molecular formula is C11H22O4Ti. The van der Waals surface area contributed by atoms with Crippen molar-refractivity contribution in [2.24, 2.45) is 0 Å². The van der Waals surface area contributed by atoms with Gasteiger partial charge in [-0.1, -0.05) is 0 Å². The van der Waals surface area contributed by atoms with Gasteiger partial charge in [0.25, 0.3) is 0 Å². The zero-order chi connectivity index (χ0) is 12.8. The quantitative estimate of drug-likeness (QED) is 0.541. The van der Waals surface area contributed by atoms with Crippen molar-refractivity contribution < 1.29 is 31.8 Å². The monoisotopic (exact) mass is 266 g/mol. The van der Waals surface area contributed by atoms with E-state index in [1.54, 1.807) is 0 Å². The van der Waals surface area contributed by atoms with E-state index in [9.17, 15) is 3.69 Å². The fourth-order valence-electron chi connectivity index (χ4n) is 0.836. The molecule has 0 aliphatic heterocycles. The van der Waals surface area contributed by atoms with Crippen LogP contribution in [0.25, 0.3) is 0 Å². The molecule has 0 saturated carbocycles. The molecule has 5 heteroatoms. The number of hydrogen-bond acceptors (Lipinski definition) is 4. The molecule has 0 heterocycles. The van der Waals surface area contributed by atoms with Crippen molar-refractivity contribution >= 4 is 0 Å². The van der Waals surface area contributed by atoms with Crippen molar-refractivity contribution in [3.63, 3.8) is 0 Å². The molecule has 0 atom stereocenters. The minimum absolute atomic E-state index is 0.139. The van der Waals surface area contributed by atoms with Gasteiger partial charge in [0.2, 0.25) is 0 Å². The predicted octanol–water partition coefficient (Wildman–Crippen LogP) is 2.40. The SMILES string of the molecule is C=C(C)C[O][Ti]([OH])([O]CC(=C)C)[O]C(C)C. The van der Waals surface area contributed by atoms with Gasteiger partial charge in [-0.2, -0.15) is 0 Å². The molecule has 0 aromatic carbocycles. The average molecular weight is 266 g/mol. The molecule has 0 aromatic rings.